The van der Waals surface area contributed by atoms with E-state index in [0.717, 1.165) is 11.4 Å². The van der Waals surface area contributed by atoms with Gasteiger partial charge in [-0.25, -0.2) is 9.37 Å². The second-order valence-corrected chi connectivity index (χ2v) is 10.5. The summed E-state index contributed by atoms with van der Waals surface area (Å²) in [4.78, 5) is 17.0. The van der Waals surface area contributed by atoms with Crippen LogP contribution in [0, 0.1) is 5.82 Å². The van der Waals surface area contributed by atoms with Crippen LogP contribution in [-0.4, -0.2) is 44.0 Å². The summed E-state index contributed by atoms with van der Waals surface area (Å²) < 4.78 is 46.1. The number of halogens is 2. The third kappa shape index (κ3) is 7.44. The van der Waals surface area contributed by atoms with E-state index in [1.807, 2.05) is 19.2 Å². The highest BCUT2D eigenvalue weighted by Gasteiger charge is 2.16. The van der Waals surface area contributed by atoms with Crippen LogP contribution in [0.2, 0.25) is 5.02 Å². The summed E-state index contributed by atoms with van der Waals surface area (Å²) in [5.41, 5.74) is 1.60. The lowest BCUT2D eigenvalue weighted by atomic mass is 10.1. The predicted molar refractivity (Wildman–Crippen MR) is 153 cm³/mol. The number of hydrogen-bond acceptors (Lipinski definition) is 7. The Morgan fingerprint density at radius 1 is 1.00 bits per heavy atom. The molecule has 5 aromatic rings. The van der Waals surface area contributed by atoms with Gasteiger partial charge in [-0.15, -0.1) is 0 Å². The summed E-state index contributed by atoms with van der Waals surface area (Å²) in [5.74, 6) is 0.781. The Kier molecular flexibility index (Phi) is 9.30. The molecule has 0 radical (unpaired) electrons. The van der Waals surface area contributed by atoms with Crippen LogP contribution in [0.1, 0.15) is 11.6 Å². The molecule has 0 spiro atoms. The summed E-state index contributed by atoms with van der Waals surface area (Å²) in [6, 6.07) is 19.6. The second kappa shape index (κ2) is 12.9. The van der Waals surface area contributed by atoms with Crippen molar-refractivity contribution in [3.63, 3.8) is 0 Å². The van der Waals surface area contributed by atoms with Crippen molar-refractivity contribution >= 4 is 33.4 Å². The van der Waals surface area contributed by atoms with Gasteiger partial charge in [-0.2, -0.15) is 13.5 Å². The maximum Gasteiger partial charge on any atom is 0.294 e. The maximum atomic E-state index is 13.9. The Balaban J connectivity index is 0.000000328. The van der Waals surface area contributed by atoms with Crippen molar-refractivity contribution in [1.82, 2.24) is 19.3 Å². The maximum absolute atomic E-state index is 13.9. The first-order valence-electron chi connectivity index (χ1n) is 12.1. The molecule has 3 N–H and O–H groups in total. The van der Waals surface area contributed by atoms with E-state index in [2.05, 4.69) is 15.4 Å². The molecular formula is C28H25ClFN5O5S. The summed E-state index contributed by atoms with van der Waals surface area (Å²) in [6.07, 6.45) is 4.91. The average Bonchev–Trinajstić information content (AvgIpc) is 3.36. The minimum absolute atomic E-state index is 0.0173. The summed E-state index contributed by atoms with van der Waals surface area (Å²) in [7, 11) is -2.19. The second-order valence-electron chi connectivity index (χ2n) is 8.72. The first-order chi connectivity index (χ1) is 19.6. The molecule has 13 heteroatoms. The number of aryl methyl sites for hydroxylation is 1. The molecule has 0 saturated carbocycles. The van der Waals surface area contributed by atoms with E-state index < -0.39 is 22.0 Å². The fourth-order valence-corrected chi connectivity index (χ4v) is 4.52. The van der Waals surface area contributed by atoms with Gasteiger partial charge in [-0.3, -0.25) is 14.0 Å². The molecule has 0 aliphatic rings. The van der Waals surface area contributed by atoms with Crippen LogP contribution < -0.4 is 10.9 Å². The molecule has 1 atom stereocenters. The van der Waals surface area contributed by atoms with Crippen LogP contribution in [0.3, 0.4) is 0 Å². The van der Waals surface area contributed by atoms with Crippen LogP contribution in [0.4, 0.5) is 16.0 Å². The normalized spacial score (nSPS) is 11.8. The summed E-state index contributed by atoms with van der Waals surface area (Å²) in [5, 5.41) is 17.1. The number of rotatable bonds is 7. The van der Waals surface area contributed by atoms with Crippen LogP contribution >= 0.6 is 11.6 Å². The zero-order chi connectivity index (χ0) is 29.6. The molecule has 212 valence electrons. The van der Waals surface area contributed by atoms with E-state index in [1.54, 1.807) is 59.7 Å². The van der Waals surface area contributed by atoms with Crippen LogP contribution in [0.5, 0.6) is 0 Å². The lowest BCUT2D eigenvalue weighted by Gasteiger charge is -2.19. The van der Waals surface area contributed by atoms with E-state index in [4.69, 9.17) is 16.2 Å². The fraction of sp³-hybridized carbons (Fsp3) is 0.107. The molecule has 10 nitrogen and oxygen atoms in total. The zero-order valence-corrected chi connectivity index (χ0v) is 23.2. The number of aromatic nitrogens is 4. The van der Waals surface area contributed by atoms with Gasteiger partial charge in [-0.1, -0.05) is 35.9 Å². The Morgan fingerprint density at radius 2 is 1.73 bits per heavy atom. The Labute approximate surface area is 240 Å². The molecule has 3 aromatic heterocycles. The summed E-state index contributed by atoms with van der Waals surface area (Å²) in [6.45, 7) is -0.367. The number of anilines is 2. The average molecular weight is 598 g/mol. The minimum Gasteiger partial charge on any atom is -0.394 e. The zero-order valence-electron chi connectivity index (χ0n) is 21.6. The van der Waals surface area contributed by atoms with Gasteiger partial charge in [0.1, 0.15) is 17.5 Å². The lowest BCUT2D eigenvalue weighted by molar-refractivity contribution is 0.247. The Hall–Kier alpha value is -4.36. The van der Waals surface area contributed by atoms with Gasteiger partial charge in [0, 0.05) is 31.6 Å². The number of aliphatic hydroxyl groups is 1. The van der Waals surface area contributed by atoms with Gasteiger partial charge in [0.15, 0.2) is 0 Å². The van der Waals surface area contributed by atoms with Crippen molar-refractivity contribution in [3.05, 3.63) is 124 Å². The number of benzene rings is 2. The van der Waals surface area contributed by atoms with Crippen molar-refractivity contribution in [3.8, 4) is 11.1 Å². The van der Waals surface area contributed by atoms with E-state index in [0.29, 0.717) is 16.9 Å². The molecule has 0 aliphatic carbocycles. The number of pyridine rings is 2. The number of nitrogens with zero attached hydrogens (tertiary/aromatic N) is 4. The molecule has 0 bridgehead atoms. The van der Waals surface area contributed by atoms with Gasteiger partial charge < -0.3 is 15.0 Å². The SMILES string of the molecule is Cn1nccc1Nc1cc(-c2ccn([C@H](CO)c3ccc(Cl)c(F)c3)c(=O)c2)ccn1.O=S(=O)(O)c1ccccc1. The van der Waals surface area contributed by atoms with Crippen LogP contribution in [0.15, 0.2) is 107 Å². The van der Waals surface area contributed by atoms with Crippen molar-refractivity contribution in [2.24, 2.45) is 7.05 Å². The van der Waals surface area contributed by atoms with Gasteiger partial charge in [0.05, 0.1) is 28.8 Å². The first-order valence-corrected chi connectivity index (χ1v) is 13.9. The molecule has 2 aromatic carbocycles. The van der Waals surface area contributed by atoms with Crippen LogP contribution in [0.25, 0.3) is 11.1 Å². The highest BCUT2D eigenvalue weighted by Crippen LogP contribution is 2.25. The van der Waals surface area contributed by atoms with Crippen molar-refractivity contribution in [2.75, 3.05) is 11.9 Å². The number of hydrogen-bond donors (Lipinski definition) is 3. The predicted octanol–water partition coefficient (Wildman–Crippen LogP) is 4.69. The fourth-order valence-electron chi connectivity index (χ4n) is 3.90. The Bertz CT molecular complexity index is 1810. The number of aliphatic hydroxyl groups excluding tert-OH is 1. The standard InChI is InChI=1S/C22H19ClFN5O2.C6H6O3S/c1-28-21(5-8-26-28)27-20-11-14(4-7-25-20)15-6-9-29(22(31)12-15)19(13-30)16-2-3-17(23)18(24)10-16;7-10(8,9)6-4-2-1-3-5-6/h2-12,19,30H,13H2,1H3,(H,25,27);1-5H,(H,7,8,9)/t19-;/m1./s1. The Morgan fingerprint density at radius 3 is 2.32 bits per heavy atom. The summed E-state index contributed by atoms with van der Waals surface area (Å²) >= 11 is 5.74. The molecule has 0 amide bonds. The van der Waals surface area contributed by atoms with Gasteiger partial charge in [-0.05, 0) is 59.2 Å². The quantitative estimate of drug-likeness (QED) is 0.230. The topological polar surface area (TPSA) is 139 Å². The third-order valence-electron chi connectivity index (χ3n) is 6.00. The van der Waals surface area contributed by atoms with Crippen molar-refractivity contribution in [2.45, 2.75) is 10.9 Å². The largest absolute Gasteiger partial charge is 0.394 e. The van der Waals surface area contributed by atoms with E-state index in [-0.39, 0.29) is 22.1 Å². The third-order valence-corrected chi connectivity index (χ3v) is 7.17. The lowest BCUT2D eigenvalue weighted by Crippen LogP contribution is -2.26. The molecule has 0 aliphatic heterocycles. The molecule has 0 saturated heterocycles. The molecule has 3 heterocycles. The smallest absolute Gasteiger partial charge is 0.294 e. The number of nitrogens with one attached hydrogen (secondary N) is 1. The minimum atomic E-state index is -4.00. The van der Waals surface area contributed by atoms with Gasteiger partial charge in [0.25, 0.3) is 15.7 Å². The van der Waals surface area contributed by atoms with Gasteiger partial charge in [0.2, 0.25) is 0 Å². The molecule has 0 fully saturated rings. The highest BCUT2D eigenvalue weighted by atomic mass is 35.5. The van der Waals surface area contributed by atoms with E-state index >= 15 is 0 Å². The molecular weight excluding hydrogens is 573 g/mol. The molecule has 0 unspecified atom stereocenters. The first kappa shape index (κ1) is 29.6. The molecule has 41 heavy (non-hydrogen) atoms. The van der Waals surface area contributed by atoms with Gasteiger partial charge >= 0.3 is 0 Å². The molecule has 5 rings (SSSR count). The van der Waals surface area contributed by atoms with Crippen LogP contribution in [-0.2, 0) is 17.2 Å². The van der Waals surface area contributed by atoms with Crippen molar-refractivity contribution in [1.29, 1.82) is 0 Å². The highest BCUT2D eigenvalue weighted by molar-refractivity contribution is 7.85. The van der Waals surface area contributed by atoms with Crippen molar-refractivity contribution < 1.29 is 22.5 Å². The van der Waals surface area contributed by atoms with E-state index in [1.165, 1.54) is 34.9 Å². The monoisotopic (exact) mass is 597 g/mol. The van der Waals surface area contributed by atoms with E-state index in [9.17, 15) is 22.7 Å².